The van der Waals surface area contributed by atoms with Gasteiger partial charge in [-0.25, -0.2) is 4.57 Å². The van der Waals surface area contributed by atoms with Crippen LogP contribution in [0.15, 0.2) is 0 Å². The van der Waals surface area contributed by atoms with E-state index in [2.05, 4.69) is 0 Å². The van der Waals surface area contributed by atoms with Gasteiger partial charge in [-0.2, -0.15) is 0 Å². The molecule has 0 N–H and O–H groups in total. The highest BCUT2D eigenvalue weighted by molar-refractivity contribution is 7.48. The van der Waals surface area contributed by atoms with Crippen molar-refractivity contribution in [2.75, 3.05) is 6.61 Å². The summed E-state index contributed by atoms with van der Waals surface area (Å²) in [6.45, 7) is 5.84. The van der Waals surface area contributed by atoms with Crippen molar-refractivity contribution in [1.29, 1.82) is 0 Å². The molecule has 1 heterocycles. The Hall–Kier alpha value is 0.110. The van der Waals surface area contributed by atoms with Gasteiger partial charge in [0.2, 0.25) is 0 Å². The molecule has 1 aliphatic rings. The molecule has 2 atom stereocenters. The van der Waals surface area contributed by atoms with Crippen LogP contribution >= 0.6 is 7.82 Å². The molecule has 1 saturated heterocycles. The van der Waals surface area contributed by atoms with Gasteiger partial charge in [0.25, 0.3) is 0 Å². The third kappa shape index (κ3) is 2.56. The molecule has 0 amide bonds. The monoisotopic (exact) mass is 194 g/mol. The van der Waals surface area contributed by atoms with E-state index < -0.39 is 7.82 Å². The van der Waals surface area contributed by atoms with E-state index in [4.69, 9.17) is 13.6 Å². The molecule has 2 unspecified atom stereocenters. The summed E-state index contributed by atoms with van der Waals surface area (Å²) in [6, 6.07) is 0. The molecule has 72 valence electrons. The summed E-state index contributed by atoms with van der Waals surface area (Å²) in [5.74, 6) is 0. The maximum atomic E-state index is 11.6. The molecule has 0 aromatic heterocycles. The normalized spacial score (nSPS) is 42.9. The highest BCUT2D eigenvalue weighted by atomic mass is 31.2. The summed E-state index contributed by atoms with van der Waals surface area (Å²) < 4.78 is 26.7. The zero-order chi connectivity index (χ0) is 9.19. The number of phosphoric acid groups is 1. The van der Waals surface area contributed by atoms with Crippen LogP contribution in [0.2, 0.25) is 0 Å². The fourth-order valence-corrected chi connectivity index (χ4v) is 2.78. The molecule has 1 fully saturated rings. The zero-order valence-electron chi connectivity index (χ0n) is 7.65. The van der Waals surface area contributed by atoms with Gasteiger partial charge in [0.1, 0.15) is 0 Å². The van der Waals surface area contributed by atoms with Gasteiger partial charge in [0, 0.05) is 6.42 Å². The van der Waals surface area contributed by atoms with Crippen LogP contribution in [0.4, 0.5) is 0 Å². The van der Waals surface area contributed by atoms with Gasteiger partial charge in [-0.05, 0) is 20.8 Å². The Morgan fingerprint density at radius 3 is 2.33 bits per heavy atom. The maximum Gasteiger partial charge on any atom is 0.475 e. The van der Waals surface area contributed by atoms with E-state index in [0.717, 1.165) is 6.42 Å². The molecule has 0 spiro atoms. The average molecular weight is 194 g/mol. The summed E-state index contributed by atoms with van der Waals surface area (Å²) in [5, 5.41) is 0. The van der Waals surface area contributed by atoms with E-state index in [0.29, 0.717) is 6.61 Å². The lowest BCUT2D eigenvalue weighted by molar-refractivity contribution is 0.00437. The van der Waals surface area contributed by atoms with Gasteiger partial charge in [-0.1, -0.05) is 0 Å². The van der Waals surface area contributed by atoms with Gasteiger partial charge in [-0.15, -0.1) is 0 Å². The van der Waals surface area contributed by atoms with Crippen LogP contribution in [-0.4, -0.2) is 18.8 Å². The van der Waals surface area contributed by atoms with Gasteiger partial charge in [-0.3, -0.25) is 13.6 Å². The Morgan fingerprint density at radius 2 is 1.92 bits per heavy atom. The second-order valence-electron chi connectivity index (χ2n) is 2.93. The molecule has 0 aliphatic carbocycles. The van der Waals surface area contributed by atoms with Crippen LogP contribution in [0.5, 0.6) is 0 Å². The van der Waals surface area contributed by atoms with Crippen molar-refractivity contribution < 1.29 is 18.1 Å². The van der Waals surface area contributed by atoms with Crippen molar-refractivity contribution in [1.82, 2.24) is 0 Å². The van der Waals surface area contributed by atoms with Crippen LogP contribution in [0.25, 0.3) is 0 Å². The first-order chi connectivity index (χ1) is 5.56. The summed E-state index contributed by atoms with van der Waals surface area (Å²) in [5.41, 5.74) is 0. The fourth-order valence-electron chi connectivity index (χ4n) is 1.24. The third-order valence-corrected chi connectivity index (χ3v) is 3.38. The van der Waals surface area contributed by atoms with Crippen molar-refractivity contribution in [3.05, 3.63) is 0 Å². The molecule has 0 saturated carbocycles. The SMILES string of the molecule is CCOP1(=O)OC(C)CC(C)O1. The van der Waals surface area contributed by atoms with Crippen molar-refractivity contribution >= 4 is 7.82 Å². The van der Waals surface area contributed by atoms with E-state index in [1.165, 1.54) is 0 Å². The second-order valence-corrected chi connectivity index (χ2v) is 4.51. The summed E-state index contributed by atoms with van der Waals surface area (Å²) >= 11 is 0. The predicted octanol–water partition coefficient (Wildman–Crippen LogP) is 2.34. The molecule has 4 nitrogen and oxygen atoms in total. The van der Waals surface area contributed by atoms with E-state index in [9.17, 15) is 4.57 Å². The summed E-state index contributed by atoms with van der Waals surface area (Å²) in [4.78, 5) is 0. The fraction of sp³-hybridized carbons (Fsp3) is 1.00. The molecule has 0 radical (unpaired) electrons. The van der Waals surface area contributed by atoms with E-state index in [-0.39, 0.29) is 12.2 Å². The Balaban J connectivity index is 2.59. The topological polar surface area (TPSA) is 44.8 Å². The van der Waals surface area contributed by atoms with Crippen LogP contribution in [0, 0.1) is 0 Å². The van der Waals surface area contributed by atoms with Crippen molar-refractivity contribution in [3.63, 3.8) is 0 Å². The maximum absolute atomic E-state index is 11.6. The number of rotatable bonds is 2. The third-order valence-electron chi connectivity index (χ3n) is 1.57. The van der Waals surface area contributed by atoms with Crippen molar-refractivity contribution in [2.45, 2.75) is 39.4 Å². The molecular formula is C7H15O4P. The first-order valence-corrected chi connectivity index (χ1v) is 5.63. The average Bonchev–Trinajstić information content (AvgIpc) is 1.82. The Morgan fingerprint density at radius 1 is 1.42 bits per heavy atom. The molecule has 12 heavy (non-hydrogen) atoms. The van der Waals surface area contributed by atoms with Crippen LogP contribution in [-0.2, 0) is 18.1 Å². The van der Waals surface area contributed by atoms with Crippen molar-refractivity contribution in [2.24, 2.45) is 0 Å². The largest absolute Gasteiger partial charge is 0.475 e. The van der Waals surface area contributed by atoms with E-state index in [1.54, 1.807) is 6.92 Å². The van der Waals surface area contributed by atoms with Gasteiger partial charge < -0.3 is 0 Å². The molecule has 0 aromatic carbocycles. The van der Waals surface area contributed by atoms with Crippen LogP contribution < -0.4 is 0 Å². The van der Waals surface area contributed by atoms with Gasteiger partial charge >= 0.3 is 7.82 Å². The summed E-state index contributed by atoms with van der Waals surface area (Å²) in [7, 11) is -3.23. The second kappa shape index (κ2) is 3.88. The first-order valence-electron chi connectivity index (χ1n) is 4.17. The van der Waals surface area contributed by atoms with Crippen molar-refractivity contribution in [3.8, 4) is 0 Å². The lowest BCUT2D eigenvalue weighted by Crippen LogP contribution is -2.24. The summed E-state index contributed by atoms with van der Waals surface area (Å²) in [6.07, 6.45) is 0.661. The number of hydrogen-bond donors (Lipinski definition) is 0. The minimum atomic E-state index is -3.23. The molecule has 1 rings (SSSR count). The zero-order valence-corrected chi connectivity index (χ0v) is 8.54. The lowest BCUT2D eigenvalue weighted by Gasteiger charge is -2.30. The minimum absolute atomic E-state index is 0.0499. The van der Waals surface area contributed by atoms with E-state index in [1.807, 2.05) is 13.8 Å². The van der Waals surface area contributed by atoms with Crippen LogP contribution in [0.1, 0.15) is 27.2 Å². The number of hydrogen-bond acceptors (Lipinski definition) is 4. The molecule has 5 heteroatoms. The smallest absolute Gasteiger partial charge is 0.287 e. The molecule has 0 aromatic rings. The van der Waals surface area contributed by atoms with Gasteiger partial charge in [0.05, 0.1) is 18.8 Å². The lowest BCUT2D eigenvalue weighted by atomic mass is 10.2. The quantitative estimate of drug-likeness (QED) is 0.633. The van der Waals surface area contributed by atoms with Gasteiger partial charge in [0.15, 0.2) is 0 Å². The minimum Gasteiger partial charge on any atom is -0.287 e. The Kier molecular flexibility index (Phi) is 3.29. The first kappa shape index (κ1) is 10.2. The molecular weight excluding hydrogens is 179 g/mol. The standard InChI is InChI=1S/C7H15O4P/c1-4-9-12(8)10-6(2)5-7(3)11-12/h6-7H,4-5H2,1-3H3. The highest BCUT2D eigenvalue weighted by Crippen LogP contribution is 2.55. The molecule has 0 bridgehead atoms. The van der Waals surface area contributed by atoms with Crippen LogP contribution in [0.3, 0.4) is 0 Å². The Bertz CT molecular complexity index is 180. The Labute approximate surface area is 72.8 Å². The van der Waals surface area contributed by atoms with E-state index >= 15 is 0 Å². The predicted molar refractivity (Wildman–Crippen MR) is 44.9 cm³/mol. The highest BCUT2D eigenvalue weighted by Gasteiger charge is 2.36. The molecule has 1 aliphatic heterocycles. The number of phosphoric ester groups is 1.